The molecule has 1 amide bonds. The summed E-state index contributed by atoms with van der Waals surface area (Å²) in [5.41, 5.74) is 1.04. The number of carbonyl (C=O) groups excluding carboxylic acids is 1. The van der Waals surface area contributed by atoms with Crippen molar-refractivity contribution in [2.75, 3.05) is 10.0 Å². The molecule has 0 aliphatic heterocycles. The lowest BCUT2D eigenvalue weighted by Crippen LogP contribution is -2.14. The van der Waals surface area contributed by atoms with E-state index in [1.165, 1.54) is 23.7 Å². The number of fused-ring (bicyclic) bond motifs is 1. The van der Waals surface area contributed by atoms with Gasteiger partial charge in [-0.25, -0.2) is 22.3 Å². The molecule has 158 valence electrons. The molecule has 31 heavy (non-hydrogen) atoms. The van der Waals surface area contributed by atoms with Crippen molar-refractivity contribution in [2.45, 2.75) is 11.8 Å². The van der Waals surface area contributed by atoms with Crippen molar-refractivity contribution in [1.29, 1.82) is 0 Å². The third-order valence-corrected chi connectivity index (χ3v) is 5.66. The summed E-state index contributed by atoms with van der Waals surface area (Å²) < 4.78 is 42.0. The van der Waals surface area contributed by atoms with Gasteiger partial charge in [-0.05, 0) is 42.5 Å². The van der Waals surface area contributed by atoms with Crippen LogP contribution in [0.3, 0.4) is 0 Å². The molecular weight excluding hydrogens is 449 g/mol. The Balaban J connectivity index is 1.67. The second-order valence-electron chi connectivity index (χ2n) is 6.32. The molecule has 0 radical (unpaired) electrons. The standard InChI is InChI=1S/C18H13ClFN7O3S/c1-10(28)21-16-9-27-17(22-16)7-6-13(25-27)14-8-15(18(19)24-23-14)26-31(29,30)12-4-2-11(20)3-5-12/h2-9H,1H3,(H,21,28)(H,23,26). The number of amides is 1. The monoisotopic (exact) mass is 461 g/mol. The van der Waals surface area contributed by atoms with Crippen LogP contribution in [-0.2, 0) is 14.8 Å². The number of rotatable bonds is 5. The Morgan fingerprint density at radius 2 is 1.84 bits per heavy atom. The summed E-state index contributed by atoms with van der Waals surface area (Å²) in [6.07, 6.45) is 1.52. The Morgan fingerprint density at radius 1 is 1.10 bits per heavy atom. The van der Waals surface area contributed by atoms with Gasteiger partial charge in [0.2, 0.25) is 5.91 Å². The lowest BCUT2D eigenvalue weighted by molar-refractivity contribution is -0.114. The summed E-state index contributed by atoms with van der Waals surface area (Å²) in [5.74, 6) is -0.509. The first-order valence-corrected chi connectivity index (χ1v) is 10.5. The second kappa shape index (κ2) is 7.89. The van der Waals surface area contributed by atoms with Crippen molar-refractivity contribution in [3.05, 3.63) is 59.6 Å². The average Bonchev–Trinajstić information content (AvgIpc) is 3.10. The van der Waals surface area contributed by atoms with Crippen molar-refractivity contribution in [1.82, 2.24) is 24.8 Å². The fourth-order valence-electron chi connectivity index (χ4n) is 2.65. The van der Waals surface area contributed by atoms with Gasteiger partial charge in [-0.2, -0.15) is 5.10 Å². The number of carbonyl (C=O) groups is 1. The quantitative estimate of drug-likeness (QED) is 0.467. The number of anilines is 2. The number of imidazole rings is 1. The Bertz CT molecular complexity index is 1410. The average molecular weight is 462 g/mol. The number of nitrogens with zero attached hydrogens (tertiary/aromatic N) is 5. The summed E-state index contributed by atoms with van der Waals surface area (Å²) in [4.78, 5) is 15.2. The first-order valence-electron chi connectivity index (χ1n) is 8.67. The van der Waals surface area contributed by atoms with Crippen LogP contribution in [0.4, 0.5) is 15.9 Å². The predicted octanol–water partition coefficient (Wildman–Crippen LogP) is 2.74. The molecule has 0 unspecified atom stereocenters. The molecule has 0 spiro atoms. The van der Waals surface area contributed by atoms with Crippen LogP contribution in [0.1, 0.15) is 6.92 Å². The highest BCUT2D eigenvalue weighted by Gasteiger charge is 2.18. The SMILES string of the molecule is CC(=O)Nc1cn2nc(-c3cc(NS(=O)(=O)c4ccc(F)cc4)c(Cl)nn3)ccc2n1. The fourth-order valence-corrected chi connectivity index (χ4v) is 3.90. The van der Waals surface area contributed by atoms with Gasteiger partial charge in [0.1, 0.15) is 17.2 Å². The van der Waals surface area contributed by atoms with Crippen molar-refractivity contribution in [3.63, 3.8) is 0 Å². The summed E-state index contributed by atoms with van der Waals surface area (Å²) in [6.45, 7) is 1.36. The second-order valence-corrected chi connectivity index (χ2v) is 8.36. The number of sulfonamides is 1. The van der Waals surface area contributed by atoms with E-state index in [1.54, 1.807) is 12.1 Å². The van der Waals surface area contributed by atoms with Crippen molar-refractivity contribution < 1.29 is 17.6 Å². The minimum atomic E-state index is -4.04. The van der Waals surface area contributed by atoms with Crippen molar-refractivity contribution in [3.8, 4) is 11.4 Å². The Kier molecular flexibility index (Phi) is 5.25. The molecule has 4 aromatic rings. The highest BCUT2D eigenvalue weighted by Crippen LogP contribution is 2.26. The summed E-state index contributed by atoms with van der Waals surface area (Å²) in [7, 11) is -4.04. The van der Waals surface area contributed by atoms with Gasteiger partial charge in [-0.15, -0.1) is 10.2 Å². The Morgan fingerprint density at radius 3 is 2.55 bits per heavy atom. The number of hydrogen-bond acceptors (Lipinski definition) is 7. The van der Waals surface area contributed by atoms with E-state index >= 15 is 0 Å². The molecule has 0 aliphatic rings. The van der Waals surface area contributed by atoms with Crippen LogP contribution >= 0.6 is 11.6 Å². The molecule has 10 nitrogen and oxygen atoms in total. The summed E-state index contributed by atoms with van der Waals surface area (Å²) >= 11 is 6.01. The third kappa shape index (κ3) is 4.44. The van der Waals surface area contributed by atoms with E-state index in [9.17, 15) is 17.6 Å². The summed E-state index contributed by atoms with van der Waals surface area (Å²) in [5, 5.41) is 14.5. The van der Waals surface area contributed by atoms with E-state index in [1.807, 2.05) is 0 Å². The summed E-state index contributed by atoms with van der Waals surface area (Å²) in [6, 6.07) is 8.95. The third-order valence-electron chi connectivity index (χ3n) is 4.00. The molecule has 0 saturated heterocycles. The van der Waals surface area contributed by atoms with Crippen LogP contribution in [0.25, 0.3) is 17.0 Å². The molecule has 3 aromatic heterocycles. The van der Waals surface area contributed by atoms with E-state index in [4.69, 9.17) is 11.6 Å². The molecule has 3 heterocycles. The number of halogens is 2. The molecule has 1 aromatic carbocycles. The first-order chi connectivity index (χ1) is 14.7. The van der Waals surface area contributed by atoms with Gasteiger partial charge in [0, 0.05) is 6.92 Å². The van der Waals surface area contributed by atoms with Crippen molar-refractivity contribution in [2.24, 2.45) is 0 Å². The van der Waals surface area contributed by atoms with E-state index in [2.05, 4.69) is 30.3 Å². The molecule has 4 rings (SSSR count). The van der Waals surface area contributed by atoms with Crippen LogP contribution in [0.2, 0.25) is 5.15 Å². The minimum Gasteiger partial charge on any atom is -0.310 e. The lowest BCUT2D eigenvalue weighted by Gasteiger charge is -2.10. The highest BCUT2D eigenvalue weighted by molar-refractivity contribution is 7.92. The van der Waals surface area contributed by atoms with E-state index in [0.29, 0.717) is 17.2 Å². The van der Waals surface area contributed by atoms with Crippen molar-refractivity contribution >= 4 is 44.7 Å². The van der Waals surface area contributed by atoms with E-state index < -0.39 is 15.8 Å². The van der Waals surface area contributed by atoms with E-state index in [-0.39, 0.29) is 27.3 Å². The molecule has 2 N–H and O–H groups in total. The van der Waals surface area contributed by atoms with Gasteiger partial charge in [-0.1, -0.05) is 11.6 Å². The number of nitrogens with one attached hydrogen (secondary N) is 2. The minimum absolute atomic E-state index is 0.0255. The number of hydrogen-bond donors (Lipinski definition) is 2. The van der Waals surface area contributed by atoms with E-state index in [0.717, 1.165) is 24.3 Å². The highest BCUT2D eigenvalue weighted by atomic mass is 35.5. The zero-order valence-electron chi connectivity index (χ0n) is 15.7. The number of aromatic nitrogens is 5. The molecule has 0 fully saturated rings. The van der Waals surface area contributed by atoms with Gasteiger partial charge in [-0.3, -0.25) is 9.52 Å². The zero-order valence-corrected chi connectivity index (χ0v) is 17.3. The maximum atomic E-state index is 13.1. The topological polar surface area (TPSA) is 131 Å². The van der Waals surface area contributed by atoms with Crippen LogP contribution in [0, 0.1) is 5.82 Å². The smallest absolute Gasteiger partial charge is 0.261 e. The first kappa shape index (κ1) is 20.6. The fraction of sp³-hybridized carbons (Fsp3) is 0.0556. The molecular formula is C18H13ClFN7O3S. The van der Waals surface area contributed by atoms with Crippen LogP contribution in [0.5, 0.6) is 0 Å². The normalized spacial score (nSPS) is 11.5. The maximum absolute atomic E-state index is 13.1. The van der Waals surface area contributed by atoms with Crippen LogP contribution in [0.15, 0.2) is 53.6 Å². The largest absolute Gasteiger partial charge is 0.310 e. The van der Waals surface area contributed by atoms with Crippen LogP contribution < -0.4 is 10.0 Å². The van der Waals surface area contributed by atoms with Crippen LogP contribution in [-0.4, -0.2) is 39.1 Å². The van der Waals surface area contributed by atoms with Gasteiger partial charge in [0.25, 0.3) is 10.0 Å². The van der Waals surface area contributed by atoms with Gasteiger partial charge >= 0.3 is 0 Å². The van der Waals surface area contributed by atoms with Gasteiger partial charge in [0.15, 0.2) is 16.6 Å². The molecule has 0 aliphatic carbocycles. The molecule has 0 atom stereocenters. The predicted molar refractivity (Wildman–Crippen MR) is 111 cm³/mol. The Labute approximate surface area is 180 Å². The molecule has 13 heteroatoms. The molecule has 0 saturated carbocycles. The lowest BCUT2D eigenvalue weighted by atomic mass is 10.2. The van der Waals surface area contributed by atoms with Gasteiger partial charge < -0.3 is 5.32 Å². The Hall–Kier alpha value is -3.64. The van der Waals surface area contributed by atoms with Gasteiger partial charge in [0.05, 0.1) is 16.8 Å². The number of benzene rings is 1. The maximum Gasteiger partial charge on any atom is 0.261 e. The molecule has 0 bridgehead atoms. The zero-order chi connectivity index (χ0) is 22.2.